The van der Waals surface area contributed by atoms with Crippen LogP contribution in [0, 0.1) is 0 Å². The second-order valence-corrected chi connectivity index (χ2v) is 3.64. The van der Waals surface area contributed by atoms with Crippen LogP contribution in [0.4, 0.5) is 0 Å². The van der Waals surface area contributed by atoms with Crippen LogP contribution in [0.25, 0.3) is 0 Å². The van der Waals surface area contributed by atoms with Gasteiger partial charge in [-0.1, -0.05) is 12.8 Å². The number of nitrogens with one attached hydrogen (secondary N) is 1. The maximum absolute atomic E-state index is 9.42. The molecule has 62 valence electrons. The number of nitrogens with zero attached hydrogens (tertiary/aromatic N) is 1. The summed E-state index contributed by atoms with van der Waals surface area (Å²) in [6.07, 6.45) is 4.67. The molecule has 0 aromatic heterocycles. The van der Waals surface area contributed by atoms with Crippen molar-refractivity contribution < 1.29 is 5.21 Å². The van der Waals surface area contributed by atoms with Gasteiger partial charge >= 0.3 is 0 Å². The topological polar surface area (TPSA) is 35.5 Å². The molecule has 2 unspecified atom stereocenters. The number of rotatable bonds is 0. The Morgan fingerprint density at radius 3 is 2.91 bits per heavy atom. The van der Waals surface area contributed by atoms with Crippen LogP contribution in [0.2, 0.25) is 0 Å². The summed E-state index contributed by atoms with van der Waals surface area (Å²) in [4.78, 5) is 0. The SMILES string of the molecule is ON1C(=S)NC2CCCCC21. The Kier molecular flexibility index (Phi) is 1.73. The number of fused-ring (bicyclic) bond motifs is 1. The van der Waals surface area contributed by atoms with E-state index in [2.05, 4.69) is 5.32 Å². The average Bonchev–Trinajstić information content (AvgIpc) is 2.30. The lowest BCUT2D eigenvalue weighted by Gasteiger charge is -2.26. The molecule has 11 heavy (non-hydrogen) atoms. The van der Waals surface area contributed by atoms with E-state index in [1.54, 1.807) is 0 Å². The second-order valence-electron chi connectivity index (χ2n) is 3.25. The summed E-state index contributed by atoms with van der Waals surface area (Å²) in [5, 5.41) is 14.3. The van der Waals surface area contributed by atoms with Gasteiger partial charge < -0.3 is 5.32 Å². The fraction of sp³-hybridized carbons (Fsp3) is 0.857. The summed E-state index contributed by atoms with van der Waals surface area (Å²) < 4.78 is 0. The molecule has 2 N–H and O–H groups in total. The molecule has 4 heteroatoms. The highest BCUT2D eigenvalue weighted by Crippen LogP contribution is 2.26. The Morgan fingerprint density at radius 2 is 2.18 bits per heavy atom. The lowest BCUT2D eigenvalue weighted by molar-refractivity contribution is -0.0509. The quantitative estimate of drug-likeness (QED) is 0.532. The molecule has 1 heterocycles. The van der Waals surface area contributed by atoms with Crippen LogP contribution in [0.15, 0.2) is 0 Å². The van der Waals surface area contributed by atoms with E-state index < -0.39 is 0 Å². The highest BCUT2D eigenvalue weighted by molar-refractivity contribution is 7.80. The summed E-state index contributed by atoms with van der Waals surface area (Å²) in [6.45, 7) is 0. The highest BCUT2D eigenvalue weighted by Gasteiger charge is 2.37. The first kappa shape index (κ1) is 7.31. The predicted octanol–water partition coefficient (Wildman–Crippen LogP) is 0.877. The number of thiocarbonyl (C=S) groups is 1. The van der Waals surface area contributed by atoms with Crippen LogP contribution >= 0.6 is 12.2 Å². The Labute approximate surface area is 71.3 Å². The molecular formula is C7H12N2OS. The van der Waals surface area contributed by atoms with Crippen molar-refractivity contribution in [2.75, 3.05) is 0 Å². The number of hydrogen-bond donors (Lipinski definition) is 2. The van der Waals surface area contributed by atoms with Crippen LogP contribution in [-0.4, -0.2) is 27.5 Å². The van der Waals surface area contributed by atoms with E-state index in [4.69, 9.17) is 12.2 Å². The van der Waals surface area contributed by atoms with E-state index >= 15 is 0 Å². The lowest BCUT2D eigenvalue weighted by atomic mass is 9.92. The highest BCUT2D eigenvalue weighted by atomic mass is 32.1. The molecule has 0 radical (unpaired) electrons. The minimum Gasteiger partial charge on any atom is -0.356 e. The van der Waals surface area contributed by atoms with Gasteiger partial charge in [0.05, 0.1) is 12.1 Å². The van der Waals surface area contributed by atoms with Crippen molar-refractivity contribution in [1.82, 2.24) is 10.4 Å². The van der Waals surface area contributed by atoms with E-state index in [9.17, 15) is 5.21 Å². The van der Waals surface area contributed by atoms with Gasteiger partial charge in [-0.25, -0.2) is 5.06 Å². The van der Waals surface area contributed by atoms with E-state index in [-0.39, 0.29) is 6.04 Å². The van der Waals surface area contributed by atoms with Crippen molar-refractivity contribution >= 4 is 17.3 Å². The fourth-order valence-electron chi connectivity index (χ4n) is 1.95. The molecule has 0 amide bonds. The molecule has 0 spiro atoms. The minimum absolute atomic E-state index is 0.247. The maximum atomic E-state index is 9.42. The zero-order chi connectivity index (χ0) is 7.84. The number of hydroxylamine groups is 2. The Morgan fingerprint density at radius 1 is 1.45 bits per heavy atom. The zero-order valence-corrected chi connectivity index (χ0v) is 7.10. The molecule has 1 aliphatic heterocycles. The van der Waals surface area contributed by atoms with E-state index in [0.29, 0.717) is 11.2 Å². The molecule has 2 atom stereocenters. The molecule has 2 aliphatic rings. The van der Waals surface area contributed by atoms with Gasteiger partial charge in [0.25, 0.3) is 0 Å². The third-order valence-corrected chi connectivity index (χ3v) is 2.87. The molecule has 0 aromatic carbocycles. The first-order valence-electron chi connectivity index (χ1n) is 4.07. The first-order valence-corrected chi connectivity index (χ1v) is 4.48. The summed E-state index contributed by atoms with van der Waals surface area (Å²) >= 11 is 4.92. The van der Waals surface area contributed by atoms with Crippen LogP contribution in [0.1, 0.15) is 25.7 Å². The first-order chi connectivity index (χ1) is 5.29. The van der Waals surface area contributed by atoms with Crippen molar-refractivity contribution in [3.63, 3.8) is 0 Å². The summed E-state index contributed by atoms with van der Waals surface area (Å²) in [5.74, 6) is 0. The largest absolute Gasteiger partial charge is 0.356 e. The molecule has 3 nitrogen and oxygen atoms in total. The summed E-state index contributed by atoms with van der Waals surface area (Å²) in [5.41, 5.74) is 0. The standard InChI is InChI=1S/C7H12N2OS/c10-9-6-4-2-1-3-5(6)8-7(9)11/h5-6,10H,1-4H2,(H,8,11). The van der Waals surface area contributed by atoms with Crippen molar-refractivity contribution in [2.24, 2.45) is 0 Å². The van der Waals surface area contributed by atoms with Crippen LogP contribution in [0.5, 0.6) is 0 Å². The second kappa shape index (κ2) is 2.60. The Bertz CT molecular complexity index is 185. The van der Waals surface area contributed by atoms with Gasteiger partial charge in [0, 0.05) is 0 Å². The molecule has 2 rings (SSSR count). The van der Waals surface area contributed by atoms with Gasteiger partial charge in [-0.05, 0) is 25.1 Å². The third kappa shape index (κ3) is 1.10. The van der Waals surface area contributed by atoms with Gasteiger partial charge in [-0.3, -0.25) is 5.21 Å². The Balaban J connectivity index is 2.11. The zero-order valence-electron chi connectivity index (χ0n) is 6.29. The molecule has 0 bridgehead atoms. The summed E-state index contributed by atoms with van der Waals surface area (Å²) in [7, 11) is 0. The van der Waals surface area contributed by atoms with E-state index in [1.807, 2.05) is 0 Å². The van der Waals surface area contributed by atoms with Crippen molar-refractivity contribution in [2.45, 2.75) is 37.8 Å². The molecule has 1 aliphatic carbocycles. The van der Waals surface area contributed by atoms with Crippen molar-refractivity contribution in [3.8, 4) is 0 Å². The van der Waals surface area contributed by atoms with Crippen molar-refractivity contribution in [3.05, 3.63) is 0 Å². The molecule has 1 saturated carbocycles. The third-order valence-electron chi connectivity index (χ3n) is 2.56. The van der Waals surface area contributed by atoms with Gasteiger partial charge in [-0.2, -0.15) is 0 Å². The normalized spacial score (nSPS) is 36.8. The van der Waals surface area contributed by atoms with E-state index in [0.717, 1.165) is 12.8 Å². The van der Waals surface area contributed by atoms with Gasteiger partial charge in [0.1, 0.15) is 0 Å². The smallest absolute Gasteiger partial charge is 0.193 e. The molecule has 1 saturated heterocycles. The van der Waals surface area contributed by atoms with E-state index in [1.165, 1.54) is 17.9 Å². The maximum Gasteiger partial charge on any atom is 0.193 e. The molecular weight excluding hydrogens is 160 g/mol. The minimum atomic E-state index is 0.247. The van der Waals surface area contributed by atoms with Crippen LogP contribution in [0.3, 0.4) is 0 Å². The average molecular weight is 172 g/mol. The predicted molar refractivity (Wildman–Crippen MR) is 45.4 cm³/mol. The monoisotopic (exact) mass is 172 g/mol. The van der Waals surface area contributed by atoms with Gasteiger partial charge in [0.15, 0.2) is 5.11 Å². The Hall–Kier alpha value is -0.350. The van der Waals surface area contributed by atoms with Crippen LogP contribution < -0.4 is 5.32 Å². The fourth-order valence-corrected chi connectivity index (χ4v) is 2.23. The lowest BCUT2D eigenvalue weighted by Crippen LogP contribution is -2.37. The van der Waals surface area contributed by atoms with Gasteiger partial charge in [-0.15, -0.1) is 0 Å². The van der Waals surface area contributed by atoms with Gasteiger partial charge in [0.2, 0.25) is 0 Å². The van der Waals surface area contributed by atoms with Crippen molar-refractivity contribution in [1.29, 1.82) is 0 Å². The summed E-state index contributed by atoms with van der Waals surface area (Å²) in [6, 6.07) is 0.650. The molecule has 0 aromatic rings. The molecule has 2 fully saturated rings. The number of hydrogen-bond acceptors (Lipinski definition) is 2. The van der Waals surface area contributed by atoms with Crippen LogP contribution in [-0.2, 0) is 0 Å².